The molecule has 0 saturated heterocycles. The van der Waals surface area contributed by atoms with E-state index in [9.17, 15) is 0 Å². The van der Waals surface area contributed by atoms with E-state index in [1.165, 1.54) is 10.9 Å². The van der Waals surface area contributed by atoms with Gasteiger partial charge in [-0.15, -0.1) is 0 Å². The average molecular weight is 269 g/mol. The molecular formula is C16H19N3O. The summed E-state index contributed by atoms with van der Waals surface area (Å²) in [6.07, 6.45) is 6.74. The molecule has 0 aliphatic carbocycles. The summed E-state index contributed by atoms with van der Waals surface area (Å²) >= 11 is 0. The lowest BCUT2D eigenvalue weighted by molar-refractivity contribution is 0.505. The lowest BCUT2D eigenvalue weighted by Crippen LogP contribution is -2.14. The molecule has 0 amide bonds. The number of furan rings is 1. The van der Waals surface area contributed by atoms with E-state index in [1.807, 2.05) is 24.7 Å². The number of benzene rings is 1. The Bertz CT molecular complexity index is 670. The monoisotopic (exact) mass is 269 g/mol. The van der Waals surface area contributed by atoms with Crippen LogP contribution in [0.4, 0.5) is 0 Å². The number of aromatic nitrogens is 2. The fourth-order valence-corrected chi connectivity index (χ4v) is 2.41. The maximum absolute atomic E-state index is 6.00. The van der Waals surface area contributed by atoms with Crippen LogP contribution in [-0.2, 0) is 13.1 Å². The zero-order valence-electron chi connectivity index (χ0n) is 11.7. The van der Waals surface area contributed by atoms with E-state index in [0.717, 1.165) is 37.4 Å². The second-order valence-electron chi connectivity index (χ2n) is 4.91. The molecule has 1 N–H and O–H groups in total. The molecule has 4 heteroatoms. The molecule has 4 nitrogen and oxygen atoms in total. The molecule has 20 heavy (non-hydrogen) atoms. The summed E-state index contributed by atoms with van der Waals surface area (Å²) in [7, 11) is 0. The van der Waals surface area contributed by atoms with Gasteiger partial charge in [0.25, 0.3) is 0 Å². The number of hydrogen-bond acceptors (Lipinski definition) is 3. The Labute approximate surface area is 118 Å². The zero-order valence-corrected chi connectivity index (χ0v) is 11.7. The molecular weight excluding hydrogens is 250 g/mol. The minimum atomic E-state index is 0.770. The van der Waals surface area contributed by atoms with Crippen molar-refractivity contribution < 1.29 is 4.42 Å². The molecule has 3 rings (SSSR count). The number of hydrogen-bond donors (Lipinski definition) is 1. The minimum absolute atomic E-state index is 0.770. The van der Waals surface area contributed by atoms with Crippen LogP contribution in [0.1, 0.15) is 24.7 Å². The van der Waals surface area contributed by atoms with Crippen LogP contribution >= 0.6 is 0 Å². The molecule has 1 aromatic carbocycles. The van der Waals surface area contributed by atoms with Gasteiger partial charge in [0.2, 0.25) is 0 Å². The van der Waals surface area contributed by atoms with Crippen molar-refractivity contribution in [1.82, 2.24) is 14.9 Å². The summed E-state index contributed by atoms with van der Waals surface area (Å²) in [5, 5.41) is 4.60. The predicted molar refractivity (Wildman–Crippen MR) is 79.5 cm³/mol. The first-order valence-corrected chi connectivity index (χ1v) is 7.04. The lowest BCUT2D eigenvalue weighted by Gasteiger charge is -2.05. The zero-order chi connectivity index (χ0) is 13.8. The maximum atomic E-state index is 6.00. The molecule has 0 aliphatic heterocycles. The maximum Gasteiger partial charge on any atom is 0.134 e. The predicted octanol–water partition coefficient (Wildman–Crippen LogP) is 3.18. The Kier molecular flexibility index (Phi) is 3.83. The third-order valence-electron chi connectivity index (χ3n) is 3.39. The molecule has 0 unspecified atom stereocenters. The van der Waals surface area contributed by atoms with Crippen LogP contribution < -0.4 is 5.32 Å². The Balaban J connectivity index is 1.94. The molecule has 0 saturated carbocycles. The van der Waals surface area contributed by atoms with Gasteiger partial charge in [0.15, 0.2) is 0 Å². The quantitative estimate of drug-likeness (QED) is 0.699. The summed E-state index contributed by atoms with van der Waals surface area (Å²) in [5.74, 6) is 1.02. The van der Waals surface area contributed by atoms with Crippen LogP contribution in [0, 0.1) is 0 Å². The van der Waals surface area contributed by atoms with E-state index in [4.69, 9.17) is 4.42 Å². The molecule has 104 valence electrons. The van der Waals surface area contributed by atoms with Crippen molar-refractivity contribution in [3.8, 4) is 0 Å². The number of nitrogens with one attached hydrogen (secondary N) is 1. The Hall–Kier alpha value is -2.07. The average Bonchev–Trinajstić information content (AvgIpc) is 3.09. The van der Waals surface area contributed by atoms with Crippen molar-refractivity contribution in [3.63, 3.8) is 0 Å². The van der Waals surface area contributed by atoms with Crippen molar-refractivity contribution in [2.45, 2.75) is 26.4 Å². The van der Waals surface area contributed by atoms with Crippen molar-refractivity contribution in [2.75, 3.05) is 6.54 Å². The molecule has 0 atom stereocenters. The molecule has 0 fully saturated rings. The summed E-state index contributed by atoms with van der Waals surface area (Å²) in [6.45, 7) is 4.73. The first-order chi connectivity index (χ1) is 9.88. The van der Waals surface area contributed by atoms with Crippen LogP contribution in [0.15, 0.2) is 47.4 Å². The van der Waals surface area contributed by atoms with E-state index < -0.39 is 0 Å². The molecule has 0 radical (unpaired) electrons. The summed E-state index contributed by atoms with van der Waals surface area (Å²) in [5.41, 5.74) is 2.19. The van der Waals surface area contributed by atoms with Gasteiger partial charge in [-0.2, -0.15) is 0 Å². The van der Waals surface area contributed by atoms with E-state index in [1.54, 1.807) is 6.20 Å². The number of para-hydroxylation sites is 1. The Morgan fingerprint density at radius 1 is 1.30 bits per heavy atom. The van der Waals surface area contributed by atoms with Crippen LogP contribution in [0.2, 0.25) is 0 Å². The van der Waals surface area contributed by atoms with Gasteiger partial charge >= 0.3 is 0 Å². The van der Waals surface area contributed by atoms with E-state index in [-0.39, 0.29) is 0 Å². The van der Waals surface area contributed by atoms with Gasteiger partial charge in [0.1, 0.15) is 11.3 Å². The standard InChI is InChI=1S/C16H19N3O/c1-2-7-17-10-16-14(11-19-9-8-18-12-19)13-5-3-4-6-15(13)20-16/h3-6,8-9,12,17H,2,7,10-11H2,1H3. The van der Waals surface area contributed by atoms with Gasteiger partial charge in [0, 0.05) is 23.3 Å². The normalized spacial score (nSPS) is 11.2. The van der Waals surface area contributed by atoms with E-state index >= 15 is 0 Å². The molecule has 2 heterocycles. The molecule has 0 bridgehead atoms. The number of fused-ring (bicyclic) bond motifs is 1. The first-order valence-electron chi connectivity index (χ1n) is 7.04. The van der Waals surface area contributed by atoms with Gasteiger partial charge in [0.05, 0.1) is 19.4 Å². The van der Waals surface area contributed by atoms with Crippen LogP contribution in [0.5, 0.6) is 0 Å². The summed E-state index contributed by atoms with van der Waals surface area (Å²) in [4.78, 5) is 4.10. The van der Waals surface area contributed by atoms with E-state index in [0.29, 0.717) is 0 Å². The first kappa shape index (κ1) is 12.9. The smallest absolute Gasteiger partial charge is 0.134 e. The number of imidazole rings is 1. The second-order valence-corrected chi connectivity index (χ2v) is 4.91. The Morgan fingerprint density at radius 2 is 2.20 bits per heavy atom. The van der Waals surface area contributed by atoms with Crippen molar-refractivity contribution in [2.24, 2.45) is 0 Å². The fourth-order valence-electron chi connectivity index (χ4n) is 2.41. The van der Waals surface area contributed by atoms with Gasteiger partial charge in [-0.25, -0.2) is 4.98 Å². The van der Waals surface area contributed by atoms with Crippen LogP contribution in [0.3, 0.4) is 0 Å². The van der Waals surface area contributed by atoms with Crippen LogP contribution in [-0.4, -0.2) is 16.1 Å². The van der Waals surface area contributed by atoms with Gasteiger partial charge in [-0.3, -0.25) is 0 Å². The van der Waals surface area contributed by atoms with E-state index in [2.05, 4.69) is 33.9 Å². The number of nitrogens with zero attached hydrogens (tertiary/aromatic N) is 2. The molecule has 0 aliphatic rings. The summed E-state index contributed by atoms with van der Waals surface area (Å²) < 4.78 is 8.07. The SMILES string of the molecule is CCCNCc1oc2ccccc2c1Cn1ccnc1. The highest BCUT2D eigenvalue weighted by atomic mass is 16.3. The fraction of sp³-hybridized carbons (Fsp3) is 0.312. The highest BCUT2D eigenvalue weighted by Gasteiger charge is 2.13. The van der Waals surface area contributed by atoms with Crippen molar-refractivity contribution in [1.29, 1.82) is 0 Å². The highest BCUT2D eigenvalue weighted by molar-refractivity contribution is 5.82. The topological polar surface area (TPSA) is 43.0 Å². The van der Waals surface area contributed by atoms with Crippen molar-refractivity contribution >= 4 is 11.0 Å². The van der Waals surface area contributed by atoms with Gasteiger partial charge < -0.3 is 14.3 Å². The Morgan fingerprint density at radius 3 is 3.00 bits per heavy atom. The minimum Gasteiger partial charge on any atom is -0.459 e. The second kappa shape index (κ2) is 5.92. The largest absolute Gasteiger partial charge is 0.459 e. The summed E-state index contributed by atoms with van der Waals surface area (Å²) in [6, 6.07) is 8.21. The van der Waals surface area contributed by atoms with Gasteiger partial charge in [-0.1, -0.05) is 25.1 Å². The van der Waals surface area contributed by atoms with Crippen molar-refractivity contribution in [3.05, 3.63) is 54.3 Å². The highest BCUT2D eigenvalue weighted by Crippen LogP contribution is 2.26. The molecule has 0 spiro atoms. The van der Waals surface area contributed by atoms with Gasteiger partial charge in [-0.05, 0) is 19.0 Å². The molecule has 3 aromatic rings. The number of rotatable bonds is 6. The third-order valence-corrected chi connectivity index (χ3v) is 3.39. The lowest BCUT2D eigenvalue weighted by atomic mass is 10.1. The molecule has 2 aromatic heterocycles. The third kappa shape index (κ3) is 2.60. The van der Waals surface area contributed by atoms with Crippen LogP contribution in [0.25, 0.3) is 11.0 Å².